The maximum atomic E-state index is 5.23. The van der Waals surface area contributed by atoms with E-state index in [1.165, 1.54) is 0 Å². The van der Waals surface area contributed by atoms with Crippen LogP contribution >= 0.6 is 23.1 Å². The topological polar surface area (TPSA) is 51.8 Å². The molecule has 0 unspecified atom stereocenters. The van der Waals surface area contributed by atoms with Crippen molar-refractivity contribution in [1.29, 1.82) is 0 Å². The normalized spacial score (nSPS) is 10.8. The van der Waals surface area contributed by atoms with Crippen molar-refractivity contribution < 1.29 is 4.52 Å². The molecule has 0 fully saturated rings. The minimum atomic E-state index is 0.621. The van der Waals surface area contributed by atoms with Gasteiger partial charge in [-0.3, -0.25) is 0 Å². The molecule has 0 atom stereocenters. The monoisotopic (exact) mass is 289 g/mol. The van der Waals surface area contributed by atoms with E-state index in [0.29, 0.717) is 17.5 Å². The summed E-state index contributed by atoms with van der Waals surface area (Å²) in [5.74, 6) is 1.91. The van der Waals surface area contributed by atoms with Crippen molar-refractivity contribution in [2.45, 2.75) is 17.7 Å². The minimum absolute atomic E-state index is 0.621. The van der Waals surface area contributed by atoms with Crippen LogP contribution in [0.5, 0.6) is 0 Å². The van der Waals surface area contributed by atoms with Crippen LogP contribution in [0.25, 0.3) is 10.7 Å². The number of rotatable bonds is 4. The van der Waals surface area contributed by atoms with Crippen molar-refractivity contribution in [3.63, 3.8) is 0 Å². The van der Waals surface area contributed by atoms with Crippen LogP contribution in [0.1, 0.15) is 11.5 Å². The number of hydrogen-bond donors (Lipinski definition) is 0. The lowest BCUT2D eigenvalue weighted by atomic mass is 10.3. The van der Waals surface area contributed by atoms with E-state index in [-0.39, 0.29) is 0 Å². The first-order valence-electron chi connectivity index (χ1n) is 5.73. The Balaban J connectivity index is 1.66. The summed E-state index contributed by atoms with van der Waals surface area (Å²) >= 11 is 3.19. The Morgan fingerprint density at radius 2 is 2.26 bits per heavy atom. The Bertz CT molecular complexity index is 647. The molecule has 0 aromatic carbocycles. The molecule has 0 radical (unpaired) electrons. The summed E-state index contributed by atoms with van der Waals surface area (Å²) in [5.41, 5.74) is 1.15. The van der Waals surface area contributed by atoms with Gasteiger partial charge in [0.1, 0.15) is 0 Å². The van der Waals surface area contributed by atoms with Gasteiger partial charge in [0.2, 0.25) is 11.7 Å². The minimum Gasteiger partial charge on any atom is -0.338 e. The molecule has 3 rings (SSSR count). The van der Waals surface area contributed by atoms with Crippen LogP contribution in [0.2, 0.25) is 0 Å². The lowest BCUT2D eigenvalue weighted by Crippen LogP contribution is -1.84. The molecule has 19 heavy (non-hydrogen) atoms. The van der Waals surface area contributed by atoms with Gasteiger partial charge in [0, 0.05) is 6.20 Å². The smallest absolute Gasteiger partial charge is 0.237 e. The van der Waals surface area contributed by atoms with Gasteiger partial charge < -0.3 is 4.52 Å². The van der Waals surface area contributed by atoms with E-state index >= 15 is 0 Å². The molecule has 0 saturated heterocycles. The number of aryl methyl sites for hydroxylation is 1. The summed E-state index contributed by atoms with van der Waals surface area (Å²) < 4.78 is 5.23. The molecule has 3 aromatic heterocycles. The number of pyridine rings is 1. The molecule has 0 aliphatic rings. The predicted molar refractivity (Wildman–Crippen MR) is 76.1 cm³/mol. The van der Waals surface area contributed by atoms with Crippen LogP contribution in [0.3, 0.4) is 0 Å². The second-order valence-electron chi connectivity index (χ2n) is 3.95. The van der Waals surface area contributed by atoms with E-state index in [0.717, 1.165) is 15.5 Å². The van der Waals surface area contributed by atoms with Gasteiger partial charge in [-0.2, -0.15) is 4.98 Å². The lowest BCUT2D eigenvalue weighted by molar-refractivity contribution is 0.392. The summed E-state index contributed by atoms with van der Waals surface area (Å²) in [6, 6.07) is 7.99. The SMILES string of the molecule is Cc1ccc(SCc2nc(-c3cccs3)no2)nc1. The molecule has 0 bridgehead atoms. The Kier molecular flexibility index (Phi) is 3.61. The molecule has 4 nitrogen and oxygen atoms in total. The lowest BCUT2D eigenvalue weighted by Gasteiger charge is -1.97. The molecule has 96 valence electrons. The number of nitrogens with zero attached hydrogens (tertiary/aromatic N) is 3. The highest BCUT2D eigenvalue weighted by Gasteiger charge is 2.09. The second-order valence-corrected chi connectivity index (χ2v) is 5.89. The van der Waals surface area contributed by atoms with E-state index in [9.17, 15) is 0 Å². The van der Waals surface area contributed by atoms with Crippen molar-refractivity contribution in [1.82, 2.24) is 15.1 Å². The molecular weight excluding hydrogens is 278 g/mol. The number of hydrogen-bond acceptors (Lipinski definition) is 6. The van der Waals surface area contributed by atoms with Gasteiger partial charge in [-0.05, 0) is 30.0 Å². The number of aromatic nitrogens is 3. The fourth-order valence-corrected chi connectivity index (χ4v) is 2.82. The number of thioether (sulfide) groups is 1. The standard InChI is InChI=1S/C13H11N3OS2/c1-9-4-5-12(14-7-9)19-8-11-15-13(16-17-11)10-3-2-6-18-10/h2-7H,8H2,1H3. The number of thiophene rings is 1. The van der Waals surface area contributed by atoms with Crippen molar-refractivity contribution in [2.24, 2.45) is 0 Å². The van der Waals surface area contributed by atoms with Crippen molar-refractivity contribution in [3.8, 4) is 10.7 Å². The van der Waals surface area contributed by atoms with Gasteiger partial charge in [0.25, 0.3) is 0 Å². The average molecular weight is 289 g/mol. The molecule has 0 aliphatic heterocycles. The summed E-state index contributed by atoms with van der Waals surface area (Å²) in [4.78, 5) is 9.72. The van der Waals surface area contributed by atoms with Gasteiger partial charge in [-0.25, -0.2) is 4.98 Å². The third-order valence-electron chi connectivity index (χ3n) is 2.44. The zero-order chi connectivity index (χ0) is 13.1. The van der Waals surface area contributed by atoms with E-state index in [1.807, 2.05) is 42.8 Å². The highest BCUT2D eigenvalue weighted by molar-refractivity contribution is 7.98. The van der Waals surface area contributed by atoms with Crippen LogP contribution in [0.15, 0.2) is 45.4 Å². The molecule has 6 heteroatoms. The van der Waals surface area contributed by atoms with Crippen molar-refractivity contribution >= 4 is 23.1 Å². The fraction of sp³-hybridized carbons (Fsp3) is 0.154. The third-order valence-corrected chi connectivity index (χ3v) is 4.23. The van der Waals surface area contributed by atoms with Crippen LogP contribution in [-0.4, -0.2) is 15.1 Å². The average Bonchev–Trinajstić information content (AvgIpc) is 3.09. The summed E-state index contributed by atoms with van der Waals surface area (Å²) in [7, 11) is 0. The van der Waals surface area contributed by atoms with E-state index < -0.39 is 0 Å². The summed E-state index contributed by atoms with van der Waals surface area (Å²) in [5, 5.41) is 6.93. The molecular formula is C13H11N3OS2. The Morgan fingerprint density at radius 1 is 1.32 bits per heavy atom. The molecule has 3 heterocycles. The predicted octanol–water partition coefficient (Wildman–Crippen LogP) is 3.79. The molecule has 0 spiro atoms. The Morgan fingerprint density at radius 3 is 3.00 bits per heavy atom. The largest absolute Gasteiger partial charge is 0.338 e. The molecule has 0 saturated carbocycles. The first-order valence-corrected chi connectivity index (χ1v) is 7.60. The van der Waals surface area contributed by atoms with Gasteiger partial charge in [-0.1, -0.05) is 29.1 Å². The van der Waals surface area contributed by atoms with Crippen molar-refractivity contribution in [3.05, 3.63) is 47.3 Å². The van der Waals surface area contributed by atoms with E-state index in [1.54, 1.807) is 23.1 Å². The summed E-state index contributed by atoms with van der Waals surface area (Å²) in [6.07, 6.45) is 1.85. The highest BCUT2D eigenvalue weighted by Crippen LogP contribution is 2.24. The second kappa shape index (κ2) is 5.54. The van der Waals surface area contributed by atoms with Gasteiger partial charge in [0.15, 0.2) is 0 Å². The molecule has 0 N–H and O–H groups in total. The maximum Gasteiger partial charge on any atom is 0.237 e. The van der Waals surface area contributed by atoms with E-state index in [2.05, 4.69) is 15.1 Å². The zero-order valence-electron chi connectivity index (χ0n) is 10.2. The third kappa shape index (κ3) is 3.02. The fourth-order valence-electron chi connectivity index (χ4n) is 1.49. The van der Waals surface area contributed by atoms with Crippen LogP contribution in [0, 0.1) is 6.92 Å². The van der Waals surface area contributed by atoms with Crippen molar-refractivity contribution in [2.75, 3.05) is 0 Å². The molecule has 0 aliphatic carbocycles. The summed E-state index contributed by atoms with van der Waals surface area (Å²) in [6.45, 7) is 2.02. The van der Waals surface area contributed by atoms with Crippen LogP contribution < -0.4 is 0 Å². The van der Waals surface area contributed by atoms with Crippen LogP contribution in [0.4, 0.5) is 0 Å². The quantitative estimate of drug-likeness (QED) is 0.684. The Hall–Kier alpha value is -1.66. The first-order chi connectivity index (χ1) is 9.31. The van der Waals surface area contributed by atoms with Gasteiger partial charge in [0.05, 0.1) is 15.7 Å². The van der Waals surface area contributed by atoms with E-state index in [4.69, 9.17) is 4.52 Å². The maximum absolute atomic E-state index is 5.23. The Labute approximate surface area is 118 Å². The van der Waals surface area contributed by atoms with Crippen LogP contribution in [-0.2, 0) is 5.75 Å². The molecule has 3 aromatic rings. The first kappa shape index (κ1) is 12.4. The van der Waals surface area contributed by atoms with Gasteiger partial charge in [-0.15, -0.1) is 11.3 Å². The van der Waals surface area contributed by atoms with Gasteiger partial charge >= 0.3 is 0 Å². The zero-order valence-corrected chi connectivity index (χ0v) is 11.9. The molecule has 0 amide bonds. The highest BCUT2D eigenvalue weighted by atomic mass is 32.2.